The Balaban J connectivity index is 1.34. The molecule has 5 rings (SSSR count). The maximum atomic E-state index is 13.5. The molecule has 4 heteroatoms. The molecule has 0 saturated heterocycles. The molecular weight excluding hydrogens is 396 g/mol. The van der Waals surface area contributed by atoms with Gasteiger partial charge in [0.1, 0.15) is 0 Å². The molecule has 0 spiro atoms. The molecule has 1 aromatic rings. The Hall–Kier alpha value is -2.10. The number of carbonyl (C=O) groups is 2. The van der Waals surface area contributed by atoms with Gasteiger partial charge in [0.2, 0.25) is 11.8 Å². The summed E-state index contributed by atoms with van der Waals surface area (Å²) in [7, 11) is 1.98. The molecule has 3 fully saturated rings. The van der Waals surface area contributed by atoms with Gasteiger partial charge in [-0.05, 0) is 80.3 Å². The van der Waals surface area contributed by atoms with Crippen LogP contribution >= 0.6 is 0 Å². The van der Waals surface area contributed by atoms with Crippen LogP contribution in [0.5, 0.6) is 0 Å². The van der Waals surface area contributed by atoms with Crippen molar-refractivity contribution in [1.82, 2.24) is 10.2 Å². The Kier molecular flexibility index (Phi) is 5.26. The van der Waals surface area contributed by atoms with Crippen LogP contribution in [0.4, 0.5) is 0 Å². The Bertz CT molecular complexity index is 927. The fraction of sp³-hybridized carbons (Fsp3) is 0.643. The lowest BCUT2D eigenvalue weighted by Gasteiger charge is -2.60. The number of nitrogens with zero attached hydrogens (tertiary/aromatic N) is 1. The van der Waals surface area contributed by atoms with Crippen LogP contribution in [0, 0.1) is 34.5 Å². The quantitative estimate of drug-likeness (QED) is 0.718. The highest BCUT2D eigenvalue weighted by molar-refractivity contribution is 5.89. The van der Waals surface area contributed by atoms with Crippen molar-refractivity contribution < 1.29 is 9.59 Å². The van der Waals surface area contributed by atoms with E-state index in [1.165, 1.54) is 12.0 Å². The van der Waals surface area contributed by atoms with Gasteiger partial charge in [-0.3, -0.25) is 9.59 Å². The number of rotatable bonds is 3. The highest BCUT2D eigenvalue weighted by Crippen LogP contribution is 2.65. The van der Waals surface area contributed by atoms with E-state index in [1.54, 1.807) is 0 Å². The molecule has 2 amide bonds. The summed E-state index contributed by atoms with van der Waals surface area (Å²) in [5.41, 5.74) is 1.32. The average Bonchev–Trinajstić information content (AvgIpc) is 3.14. The standard InChI is InChI=1S/C28H38N2O2/c1-18(19-8-6-5-7-9-19)29-26(32)23-12-11-21-20-10-13-24-28(3,17-15-25(31)30(24)4)22(20)14-16-27(21,23)2/h5-9,15,17-18,20-24H,10-14,16H2,1-4H3,(H,29,32)/t18-,20-,21-,22+,23?,24?,27-,28+/m0/s1. The van der Waals surface area contributed by atoms with Crippen LogP contribution < -0.4 is 5.32 Å². The summed E-state index contributed by atoms with van der Waals surface area (Å²) in [6, 6.07) is 10.6. The van der Waals surface area contributed by atoms with Crippen LogP contribution in [-0.4, -0.2) is 29.8 Å². The lowest BCUT2D eigenvalue weighted by molar-refractivity contribution is -0.142. The minimum Gasteiger partial charge on any atom is -0.349 e. The molecule has 172 valence electrons. The first-order valence-corrected chi connectivity index (χ1v) is 12.6. The van der Waals surface area contributed by atoms with E-state index >= 15 is 0 Å². The molecule has 32 heavy (non-hydrogen) atoms. The van der Waals surface area contributed by atoms with Crippen molar-refractivity contribution in [3.8, 4) is 0 Å². The number of hydrogen-bond acceptors (Lipinski definition) is 2. The number of benzene rings is 1. The zero-order chi connectivity index (χ0) is 22.7. The zero-order valence-corrected chi connectivity index (χ0v) is 20.0. The predicted molar refractivity (Wildman–Crippen MR) is 127 cm³/mol. The summed E-state index contributed by atoms with van der Waals surface area (Å²) >= 11 is 0. The molecule has 4 nitrogen and oxygen atoms in total. The van der Waals surface area contributed by atoms with E-state index < -0.39 is 0 Å². The van der Waals surface area contributed by atoms with E-state index in [4.69, 9.17) is 0 Å². The third kappa shape index (κ3) is 3.16. The fourth-order valence-corrected chi connectivity index (χ4v) is 8.31. The molecule has 1 N–H and O–H groups in total. The van der Waals surface area contributed by atoms with Gasteiger partial charge in [0.05, 0.1) is 6.04 Å². The number of hydrogen-bond donors (Lipinski definition) is 1. The van der Waals surface area contributed by atoms with Gasteiger partial charge in [-0.25, -0.2) is 0 Å². The van der Waals surface area contributed by atoms with E-state index in [-0.39, 0.29) is 34.6 Å². The van der Waals surface area contributed by atoms with Crippen molar-refractivity contribution in [1.29, 1.82) is 0 Å². The maximum Gasteiger partial charge on any atom is 0.246 e. The maximum absolute atomic E-state index is 13.5. The first-order chi connectivity index (χ1) is 15.3. The van der Waals surface area contributed by atoms with Crippen LogP contribution in [0.15, 0.2) is 42.5 Å². The van der Waals surface area contributed by atoms with E-state index in [0.29, 0.717) is 23.8 Å². The fourth-order valence-electron chi connectivity index (χ4n) is 8.31. The van der Waals surface area contributed by atoms with Crippen LogP contribution in [0.1, 0.15) is 70.9 Å². The van der Waals surface area contributed by atoms with Crippen LogP contribution in [0.2, 0.25) is 0 Å². The third-order valence-corrected chi connectivity index (χ3v) is 10.1. The monoisotopic (exact) mass is 434 g/mol. The van der Waals surface area contributed by atoms with Crippen molar-refractivity contribution in [3.63, 3.8) is 0 Å². The van der Waals surface area contributed by atoms with E-state index in [1.807, 2.05) is 36.2 Å². The Morgan fingerprint density at radius 2 is 1.81 bits per heavy atom. The SMILES string of the molecule is C[C@H](NC(=O)C1CC[C@H]2[C@@H]3CCC4N(C)C(=O)C=C[C@]4(C)[C@@H]3CC[C@]12C)c1ccccc1. The zero-order valence-electron chi connectivity index (χ0n) is 20.0. The second-order valence-corrected chi connectivity index (χ2v) is 11.4. The molecule has 4 aliphatic rings. The molecule has 0 aromatic heterocycles. The summed E-state index contributed by atoms with van der Waals surface area (Å²) in [6.07, 6.45) is 10.8. The summed E-state index contributed by atoms with van der Waals surface area (Å²) in [5.74, 6) is 2.38. The minimum atomic E-state index is 0.0393. The summed E-state index contributed by atoms with van der Waals surface area (Å²) in [6.45, 7) is 6.88. The third-order valence-electron chi connectivity index (χ3n) is 10.1. The second-order valence-electron chi connectivity index (χ2n) is 11.4. The number of nitrogens with one attached hydrogen (secondary N) is 1. The van der Waals surface area contributed by atoms with Crippen LogP contribution in [-0.2, 0) is 9.59 Å². The Morgan fingerprint density at radius 3 is 2.56 bits per heavy atom. The summed E-state index contributed by atoms with van der Waals surface area (Å²) < 4.78 is 0. The van der Waals surface area contributed by atoms with Gasteiger partial charge in [0.25, 0.3) is 0 Å². The molecule has 1 aliphatic heterocycles. The second kappa shape index (κ2) is 7.74. The average molecular weight is 435 g/mol. The normalized spacial score (nSPS) is 41.4. The van der Waals surface area contributed by atoms with Crippen LogP contribution in [0.3, 0.4) is 0 Å². The Morgan fingerprint density at radius 1 is 1.06 bits per heavy atom. The number of carbonyl (C=O) groups excluding carboxylic acids is 2. The van der Waals surface area contributed by atoms with Crippen LogP contribution in [0.25, 0.3) is 0 Å². The minimum absolute atomic E-state index is 0.0393. The number of amides is 2. The van der Waals surface area contributed by atoms with Crippen molar-refractivity contribution in [2.45, 2.75) is 71.4 Å². The first-order valence-electron chi connectivity index (χ1n) is 12.6. The van der Waals surface area contributed by atoms with Crippen molar-refractivity contribution in [3.05, 3.63) is 48.0 Å². The molecule has 8 atom stereocenters. The smallest absolute Gasteiger partial charge is 0.246 e. The highest BCUT2D eigenvalue weighted by atomic mass is 16.2. The van der Waals surface area contributed by atoms with Gasteiger partial charge in [-0.15, -0.1) is 0 Å². The van der Waals surface area contributed by atoms with Gasteiger partial charge < -0.3 is 10.2 Å². The Labute approximate surface area is 192 Å². The van der Waals surface area contributed by atoms with E-state index in [2.05, 4.69) is 44.3 Å². The topological polar surface area (TPSA) is 49.4 Å². The molecule has 0 radical (unpaired) electrons. The largest absolute Gasteiger partial charge is 0.349 e. The van der Waals surface area contributed by atoms with Crippen molar-refractivity contribution in [2.75, 3.05) is 7.05 Å². The molecule has 3 saturated carbocycles. The van der Waals surface area contributed by atoms with E-state index in [0.717, 1.165) is 32.1 Å². The predicted octanol–water partition coefficient (Wildman–Crippen LogP) is 5.12. The first kappa shape index (κ1) is 21.7. The van der Waals surface area contributed by atoms with Gasteiger partial charge in [0, 0.05) is 24.4 Å². The molecule has 1 aromatic carbocycles. The van der Waals surface area contributed by atoms with Gasteiger partial charge in [0.15, 0.2) is 0 Å². The molecular formula is C28H38N2O2. The lowest BCUT2D eigenvalue weighted by atomic mass is 9.47. The van der Waals surface area contributed by atoms with Crippen molar-refractivity contribution >= 4 is 11.8 Å². The molecule has 3 aliphatic carbocycles. The highest BCUT2D eigenvalue weighted by Gasteiger charge is 2.61. The van der Waals surface area contributed by atoms with Gasteiger partial charge in [-0.1, -0.05) is 50.3 Å². The van der Waals surface area contributed by atoms with Gasteiger partial charge in [-0.2, -0.15) is 0 Å². The molecule has 1 heterocycles. The number of fused-ring (bicyclic) bond motifs is 5. The van der Waals surface area contributed by atoms with E-state index in [9.17, 15) is 9.59 Å². The van der Waals surface area contributed by atoms with Crippen molar-refractivity contribution in [2.24, 2.45) is 34.5 Å². The summed E-state index contributed by atoms with van der Waals surface area (Å²) in [4.78, 5) is 27.7. The van der Waals surface area contributed by atoms with Gasteiger partial charge >= 0.3 is 0 Å². The molecule has 0 bridgehead atoms. The number of likely N-dealkylation sites (N-methyl/N-ethyl adjacent to an activating group) is 1. The lowest BCUT2D eigenvalue weighted by Crippen LogP contribution is -2.59. The molecule has 2 unspecified atom stereocenters. The summed E-state index contributed by atoms with van der Waals surface area (Å²) in [5, 5.41) is 3.34.